The molecular weight excluding hydrogens is 334 g/mol. The van der Waals surface area contributed by atoms with E-state index in [2.05, 4.69) is 20.9 Å². The van der Waals surface area contributed by atoms with E-state index in [4.69, 9.17) is 4.74 Å². The van der Waals surface area contributed by atoms with Crippen LogP contribution in [0.2, 0.25) is 0 Å². The molecule has 1 heterocycles. The number of halogens is 1. The number of hydrogen-bond donors (Lipinski definition) is 1. The second-order valence-corrected chi connectivity index (χ2v) is 6.74. The molecule has 1 N–H and O–H groups in total. The van der Waals surface area contributed by atoms with Crippen molar-refractivity contribution in [3.8, 4) is 17.2 Å². The van der Waals surface area contributed by atoms with E-state index in [9.17, 15) is 13.5 Å². The third-order valence-corrected chi connectivity index (χ3v) is 3.81. The summed E-state index contributed by atoms with van der Waals surface area (Å²) in [5.41, 5.74) is 0. The highest BCUT2D eigenvalue weighted by Crippen LogP contribution is 2.30. The van der Waals surface area contributed by atoms with Crippen LogP contribution in [0.25, 0.3) is 0 Å². The van der Waals surface area contributed by atoms with Gasteiger partial charge in [-0.3, -0.25) is 4.98 Å². The fourth-order valence-electron chi connectivity index (χ4n) is 1.44. The van der Waals surface area contributed by atoms with Crippen LogP contribution in [-0.2, 0) is 9.84 Å². The van der Waals surface area contributed by atoms with Crippen LogP contribution in [0.5, 0.6) is 17.2 Å². The lowest BCUT2D eigenvalue weighted by atomic mass is 10.3. The van der Waals surface area contributed by atoms with Crippen LogP contribution in [0.4, 0.5) is 0 Å². The first-order valence-corrected chi connectivity index (χ1v) is 7.86. The average molecular weight is 344 g/mol. The van der Waals surface area contributed by atoms with Crippen molar-refractivity contribution < 1.29 is 18.3 Å². The third kappa shape index (κ3) is 3.45. The van der Waals surface area contributed by atoms with Crippen LogP contribution in [0.1, 0.15) is 0 Å². The second-order valence-electron chi connectivity index (χ2n) is 3.84. The predicted molar refractivity (Wildman–Crippen MR) is 73.2 cm³/mol. The van der Waals surface area contributed by atoms with E-state index in [0.29, 0.717) is 11.5 Å². The molecule has 2 aromatic rings. The number of sulfone groups is 1. The molecule has 5 nitrogen and oxygen atoms in total. The topological polar surface area (TPSA) is 76.5 Å². The summed E-state index contributed by atoms with van der Waals surface area (Å²) in [6.45, 7) is 0. The molecule has 0 saturated heterocycles. The van der Waals surface area contributed by atoms with Crippen LogP contribution in [0.3, 0.4) is 0 Å². The van der Waals surface area contributed by atoms with E-state index in [1.807, 2.05) is 0 Å². The molecule has 0 spiro atoms. The van der Waals surface area contributed by atoms with E-state index >= 15 is 0 Å². The van der Waals surface area contributed by atoms with Gasteiger partial charge in [0, 0.05) is 23.0 Å². The smallest absolute Gasteiger partial charge is 0.179 e. The summed E-state index contributed by atoms with van der Waals surface area (Å²) >= 11 is 3.25. The standard InChI is InChI=1S/C12H10BrNO4S/c1-19(16,17)12-5-9(2-3-11(12)15)18-10-4-8(13)6-14-7-10/h2-7,15H,1H3. The van der Waals surface area contributed by atoms with Gasteiger partial charge in [-0.2, -0.15) is 0 Å². The molecule has 0 aliphatic heterocycles. The largest absolute Gasteiger partial charge is 0.507 e. The lowest BCUT2D eigenvalue weighted by Gasteiger charge is -2.08. The zero-order valence-corrected chi connectivity index (χ0v) is 12.3. The van der Waals surface area contributed by atoms with Crippen molar-refractivity contribution in [1.29, 1.82) is 0 Å². The number of pyridine rings is 1. The molecule has 1 aromatic carbocycles. The van der Waals surface area contributed by atoms with Crippen LogP contribution in [0.15, 0.2) is 46.0 Å². The van der Waals surface area contributed by atoms with Gasteiger partial charge in [-0.1, -0.05) is 0 Å². The maximum absolute atomic E-state index is 11.5. The van der Waals surface area contributed by atoms with Crippen LogP contribution < -0.4 is 4.74 Å². The predicted octanol–water partition coefficient (Wildman–Crippen LogP) is 2.75. The molecule has 19 heavy (non-hydrogen) atoms. The molecule has 0 aliphatic rings. The summed E-state index contributed by atoms with van der Waals surface area (Å²) in [5, 5.41) is 9.53. The number of aromatic nitrogens is 1. The quantitative estimate of drug-likeness (QED) is 0.927. The summed E-state index contributed by atoms with van der Waals surface area (Å²) in [7, 11) is -3.51. The van der Waals surface area contributed by atoms with Crippen molar-refractivity contribution >= 4 is 25.8 Å². The molecule has 1 aromatic heterocycles. The monoisotopic (exact) mass is 343 g/mol. The van der Waals surface area contributed by atoms with Crippen LogP contribution in [-0.4, -0.2) is 24.8 Å². The van der Waals surface area contributed by atoms with Crippen molar-refractivity contribution in [1.82, 2.24) is 4.98 Å². The number of nitrogens with zero attached hydrogens (tertiary/aromatic N) is 1. The van der Waals surface area contributed by atoms with E-state index < -0.39 is 9.84 Å². The molecule has 0 unspecified atom stereocenters. The summed E-state index contributed by atoms with van der Waals surface area (Å²) in [5.74, 6) is 0.458. The lowest BCUT2D eigenvalue weighted by molar-refractivity contribution is 0.448. The maximum Gasteiger partial charge on any atom is 0.179 e. The van der Waals surface area contributed by atoms with Gasteiger partial charge in [0.15, 0.2) is 9.84 Å². The van der Waals surface area contributed by atoms with E-state index in [1.54, 1.807) is 12.3 Å². The number of benzene rings is 1. The Labute approximate surface area is 118 Å². The van der Waals surface area contributed by atoms with Crippen molar-refractivity contribution in [3.63, 3.8) is 0 Å². The summed E-state index contributed by atoms with van der Waals surface area (Å²) in [4.78, 5) is 3.76. The summed E-state index contributed by atoms with van der Waals surface area (Å²) in [6.07, 6.45) is 4.12. The van der Waals surface area contributed by atoms with Crippen LogP contribution >= 0.6 is 15.9 Å². The van der Waals surface area contributed by atoms with Crippen molar-refractivity contribution in [2.75, 3.05) is 6.26 Å². The normalized spacial score (nSPS) is 11.3. The van der Waals surface area contributed by atoms with Crippen molar-refractivity contribution in [3.05, 3.63) is 41.1 Å². The van der Waals surface area contributed by atoms with Gasteiger partial charge in [0.1, 0.15) is 22.1 Å². The highest BCUT2D eigenvalue weighted by atomic mass is 79.9. The number of ether oxygens (including phenoxy) is 1. The summed E-state index contributed by atoms with van der Waals surface area (Å²) in [6, 6.07) is 5.72. The molecule has 0 amide bonds. The molecule has 0 aliphatic carbocycles. The minimum atomic E-state index is -3.51. The molecule has 0 bridgehead atoms. The fourth-order valence-corrected chi connectivity index (χ4v) is 2.56. The van der Waals surface area contributed by atoms with E-state index in [0.717, 1.165) is 10.7 Å². The van der Waals surface area contributed by atoms with Crippen molar-refractivity contribution in [2.24, 2.45) is 0 Å². The van der Waals surface area contributed by atoms with Gasteiger partial charge in [0.2, 0.25) is 0 Å². The first-order chi connectivity index (χ1) is 8.86. The summed E-state index contributed by atoms with van der Waals surface area (Å²) < 4.78 is 29.2. The molecule has 100 valence electrons. The Morgan fingerprint density at radius 2 is 1.95 bits per heavy atom. The van der Waals surface area contributed by atoms with Gasteiger partial charge in [-0.15, -0.1) is 0 Å². The molecule has 0 radical (unpaired) electrons. The Bertz CT molecular complexity index is 715. The molecule has 0 saturated carbocycles. The lowest BCUT2D eigenvalue weighted by Crippen LogP contribution is -1.98. The molecule has 7 heteroatoms. The Kier molecular flexibility index (Phi) is 3.77. The average Bonchev–Trinajstić information content (AvgIpc) is 2.30. The highest BCUT2D eigenvalue weighted by molar-refractivity contribution is 9.10. The number of hydrogen-bond acceptors (Lipinski definition) is 5. The first kappa shape index (κ1) is 13.8. The highest BCUT2D eigenvalue weighted by Gasteiger charge is 2.14. The zero-order chi connectivity index (χ0) is 14.0. The Balaban J connectivity index is 2.37. The molecule has 2 rings (SSSR count). The number of phenolic OH excluding ortho intramolecular Hbond substituents is 1. The second kappa shape index (κ2) is 5.18. The van der Waals surface area contributed by atoms with Crippen LogP contribution in [0, 0.1) is 0 Å². The number of rotatable bonds is 3. The third-order valence-electron chi connectivity index (χ3n) is 2.25. The Morgan fingerprint density at radius 1 is 1.21 bits per heavy atom. The first-order valence-electron chi connectivity index (χ1n) is 5.18. The van der Waals surface area contributed by atoms with Gasteiger partial charge in [0.25, 0.3) is 0 Å². The molecule has 0 atom stereocenters. The van der Waals surface area contributed by atoms with Gasteiger partial charge in [-0.25, -0.2) is 8.42 Å². The molecular formula is C12H10BrNO4S. The van der Waals surface area contributed by atoms with E-state index in [1.165, 1.54) is 24.4 Å². The minimum absolute atomic E-state index is 0.173. The maximum atomic E-state index is 11.5. The van der Waals surface area contributed by atoms with Gasteiger partial charge >= 0.3 is 0 Å². The minimum Gasteiger partial charge on any atom is -0.507 e. The van der Waals surface area contributed by atoms with Crippen molar-refractivity contribution in [2.45, 2.75) is 4.90 Å². The number of aromatic hydroxyl groups is 1. The Morgan fingerprint density at radius 3 is 2.58 bits per heavy atom. The van der Waals surface area contributed by atoms with Gasteiger partial charge < -0.3 is 9.84 Å². The van der Waals surface area contributed by atoms with E-state index in [-0.39, 0.29) is 10.6 Å². The SMILES string of the molecule is CS(=O)(=O)c1cc(Oc2cncc(Br)c2)ccc1O. The van der Waals surface area contributed by atoms with Gasteiger partial charge in [-0.05, 0) is 34.1 Å². The molecule has 0 fully saturated rings. The Hall–Kier alpha value is -1.60. The fraction of sp³-hybridized carbons (Fsp3) is 0.0833. The zero-order valence-electron chi connectivity index (χ0n) is 9.87. The van der Waals surface area contributed by atoms with Gasteiger partial charge in [0.05, 0.1) is 6.20 Å². The number of phenols is 1.